The van der Waals surface area contributed by atoms with E-state index in [0.717, 1.165) is 17.4 Å². The van der Waals surface area contributed by atoms with Crippen LogP contribution < -0.4 is 9.62 Å². The van der Waals surface area contributed by atoms with Gasteiger partial charge in [-0.3, -0.25) is 13.9 Å². The summed E-state index contributed by atoms with van der Waals surface area (Å²) >= 11 is 12.5. The highest BCUT2D eigenvalue weighted by atomic mass is 35.5. The SMILES string of the molecule is CNC(=O)[C@H](Cc1ccccc1)N(Cc1ccc(Cl)cc1Cl)C(=O)CCCN(c1cccc(C)c1)S(C)(=O)=O. The first kappa shape index (κ1) is 30.5. The molecule has 0 saturated carbocycles. The van der Waals surface area contributed by atoms with Gasteiger partial charge in [-0.05, 0) is 54.3 Å². The first-order valence-electron chi connectivity index (χ1n) is 12.5. The van der Waals surface area contributed by atoms with Crippen molar-refractivity contribution in [3.05, 3.63) is 99.5 Å². The lowest BCUT2D eigenvalue weighted by atomic mass is 10.0. The third-order valence-corrected chi connectivity index (χ3v) is 8.10. The maximum atomic E-state index is 13.7. The number of nitrogens with one attached hydrogen (secondary N) is 1. The fourth-order valence-corrected chi connectivity index (χ4v) is 5.77. The van der Waals surface area contributed by atoms with Gasteiger partial charge in [0.2, 0.25) is 21.8 Å². The molecule has 0 spiro atoms. The van der Waals surface area contributed by atoms with Crippen molar-refractivity contribution in [1.29, 1.82) is 0 Å². The van der Waals surface area contributed by atoms with Crippen LogP contribution in [0.15, 0.2) is 72.8 Å². The van der Waals surface area contributed by atoms with Gasteiger partial charge in [0.05, 0.1) is 11.9 Å². The van der Waals surface area contributed by atoms with Crippen LogP contribution in [-0.4, -0.2) is 51.0 Å². The third-order valence-electron chi connectivity index (χ3n) is 6.32. The fraction of sp³-hybridized carbons (Fsp3) is 0.310. The second kappa shape index (κ2) is 13.8. The number of anilines is 1. The van der Waals surface area contributed by atoms with Crippen molar-refractivity contribution in [3.8, 4) is 0 Å². The van der Waals surface area contributed by atoms with Crippen molar-refractivity contribution >= 4 is 50.7 Å². The predicted octanol–water partition coefficient (Wildman–Crippen LogP) is 5.23. The molecule has 0 fully saturated rings. The molecule has 0 heterocycles. The molecule has 10 heteroatoms. The lowest BCUT2D eigenvalue weighted by Gasteiger charge is -2.32. The molecule has 2 amide bonds. The van der Waals surface area contributed by atoms with Gasteiger partial charge in [0.15, 0.2) is 0 Å². The zero-order chi connectivity index (χ0) is 28.6. The minimum Gasteiger partial charge on any atom is -0.357 e. The monoisotopic (exact) mass is 589 g/mol. The Morgan fingerprint density at radius 3 is 2.31 bits per heavy atom. The van der Waals surface area contributed by atoms with Crippen LogP contribution in [0.2, 0.25) is 10.0 Å². The molecule has 39 heavy (non-hydrogen) atoms. The second-order valence-corrected chi connectivity index (χ2v) is 12.1. The zero-order valence-corrected chi connectivity index (χ0v) is 24.6. The summed E-state index contributed by atoms with van der Waals surface area (Å²) in [6, 6.07) is 20.9. The molecular weight excluding hydrogens is 557 g/mol. The molecule has 0 bridgehead atoms. The summed E-state index contributed by atoms with van der Waals surface area (Å²) in [6.45, 7) is 2.10. The van der Waals surface area contributed by atoms with Crippen molar-refractivity contribution in [3.63, 3.8) is 0 Å². The van der Waals surface area contributed by atoms with E-state index < -0.39 is 16.1 Å². The normalized spacial score (nSPS) is 12.0. The quantitative estimate of drug-likeness (QED) is 0.313. The summed E-state index contributed by atoms with van der Waals surface area (Å²) in [7, 11) is -2.04. The Kier molecular flexibility index (Phi) is 10.8. The smallest absolute Gasteiger partial charge is 0.242 e. The molecule has 0 aliphatic rings. The van der Waals surface area contributed by atoms with E-state index in [0.29, 0.717) is 27.7 Å². The van der Waals surface area contributed by atoms with E-state index in [1.54, 1.807) is 36.4 Å². The summed E-state index contributed by atoms with van der Waals surface area (Å²) in [5.74, 6) is -0.599. The number of carbonyl (C=O) groups is 2. The van der Waals surface area contributed by atoms with Crippen LogP contribution in [0.3, 0.4) is 0 Å². The molecule has 7 nitrogen and oxygen atoms in total. The summed E-state index contributed by atoms with van der Waals surface area (Å²) in [5, 5.41) is 3.53. The van der Waals surface area contributed by atoms with Gasteiger partial charge in [-0.1, -0.05) is 71.7 Å². The van der Waals surface area contributed by atoms with Crippen LogP contribution in [0, 0.1) is 6.92 Å². The summed E-state index contributed by atoms with van der Waals surface area (Å²) in [4.78, 5) is 28.3. The molecule has 3 aromatic rings. The maximum Gasteiger partial charge on any atom is 0.242 e. The van der Waals surface area contributed by atoms with Crippen LogP contribution in [0.4, 0.5) is 5.69 Å². The van der Waals surface area contributed by atoms with Gasteiger partial charge < -0.3 is 10.2 Å². The molecule has 0 saturated heterocycles. The second-order valence-electron chi connectivity index (χ2n) is 9.35. The molecule has 0 aliphatic heterocycles. The molecule has 3 aromatic carbocycles. The van der Waals surface area contributed by atoms with Gasteiger partial charge in [-0.2, -0.15) is 0 Å². The number of hydrogen-bond donors (Lipinski definition) is 1. The Morgan fingerprint density at radius 2 is 1.69 bits per heavy atom. The Hall–Kier alpha value is -3.07. The minimum absolute atomic E-state index is 0.0331. The number of halogens is 2. The maximum absolute atomic E-state index is 13.7. The average molecular weight is 591 g/mol. The highest BCUT2D eigenvalue weighted by Gasteiger charge is 2.30. The molecule has 0 unspecified atom stereocenters. The Bertz CT molecular complexity index is 1400. The van der Waals surface area contributed by atoms with E-state index in [2.05, 4.69) is 5.32 Å². The van der Waals surface area contributed by atoms with Gasteiger partial charge in [0.1, 0.15) is 6.04 Å². The predicted molar refractivity (Wildman–Crippen MR) is 158 cm³/mol. The van der Waals surface area contributed by atoms with Crippen molar-refractivity contribution in [2.24, 2.45) is 0 Å². The molecule has 3 rings (SSSR count). The van der Waals surface area contributed by atoms with Crippen LogP contribution in [-0.2, 0) is 32.6 Å². The Morgan fingerprint density at radius 1 is 0.974 bits per heavy atom. The van der Waals surface area contributed by atoms with Crippen LogP contribution in [0.5, 0.6) is 0 Å². The van der Waals surface area contributed by atoms with Gasteiger partial charge in [0.25, 0.3) is 0 Å². The number of carbonyl (C=O) groups excluding carboxylic acids is 2. The first-order chi connectivity index (χ1) is 18.5. The van der Waals surface area contributed by atoms with E-state index in [-0.39, 0.29) is 37.7 Å². The molecule has 208 valence electrons. The molecular formula is C29H33Cl2N3O4S. The third kappa shape index (κ3) is 8.71. The highest BCUT2D eigenvalue weighted by molar-refractivity contribution is 7.92. The number of benzene rings is 3. The van der Waals surface area contributed by atoms with E-state index in [1.165, 1.54) is 16.3 Å². The van der Waals surface area contributed by atoms with Gasteiger partial charge in [-0.25, -0.2) is 8.42 Å². The standard InChI is InChI=1S/C29H33Cl2N3O4S/c1-21-9-7-12-25(17-21)34(39(3,37)38)16-8-13-28(35)33(20-23-14-15-24(30)19-26(23)31)27(29(36)32-2)18-22-10-5-4-6-11-22/h4-7,9-12,14-15,17,19,27H,8,13,16,18,20H2,1-3H3,(H,32,36)/t27-/m0/s1. The van der Waals surface area contributed by atoms with Crippen molar-refractivity contribution in [1.82, 2.24) is 10.2 Å². The zero-order valence-electron chi connectivity index (χ0n) is 22.2. The largest absolute Gasteiger partial charge is 0.357 e. The summed E-state index contributed by atoms with van der Waals surface area (Å²) in [6.07, 6.45) is 1.74. The topological polar surface area (TPSA) is 86.8 Å². The minimum atomic E-state index is -3.57. The highest BCUT2D eigenvalue weighted by Crippen LogP contribution is 2.25. The van der Waals surface area contributed by atoms with Crippen molar-refractivity contribution < 1.29 is 18.0 Å². The van der Waals surface area contributed by atoms with Crippen LogP contribution in [0.25, 0.3) is 0 Å². The molecule has 0 aliphatic carbocycles. The van der Waals surface area contributed by atoms with Gasteiger partial charge in [0, 0.05) is 43.0 Å². The van der Waals surface area contributed by atoms with Gasteiger partial charge >= 0.3 is 0 Å². The first-order valence-corrected chi connectivity index (χ1v) is 15.1. The van der Waals surface area contributed by atoms with E-state index in [1.807, 2.05) is 43.3 Å². The lowest BCUT2D eigenvalue weighted by Crippen LogP contribution is -2.49. The van der Waals surface area contributed by atoms with Crippen molar-refractivity contribution in [2.75, 3.05) is 24.2 Å². The number of aryl methyl sites for hydroxylation is 1. The average Bonchev–Trinajstić information content (AvgIpc) is 2.89. The Balaban J connectivity index is 1.87. The van der Waals surface area contributed by atoms with Crippen LogP contribution >= 0.6 is 23.2 Å². The molecule has 1 N–H and O–H groups in total. The number of sulfonamides is 1. The molecule has 1 atom stereocenters. The van der Waals surface area contributed by atoms with E-state index in [9.17, 15) is 18.0 Å². The number of hydrogen-bond acceptors (Lipinski definition) is 4. The lowest BCUT2D eigenvalue weighted by molar-refractivity contribution is -0.141. The molecule has 0 aromatic heterocycles. The fourth-order valence-electron chi connectivity index (χ4n) is 4.34. The number of nitrogens with zero attached hydrogens (tertiary/aromatic N) is 2. The number of rotatable bonds is 12. The Labute approximate surface area is 240 Å². The van der Waals surface area contributed by atoms with Crippen molar-refractivity contribution in [2.45, 2.75) is 38.8 Å². The summed E-state index contributed by atoms with van der Waals surface area (Å²) in [5.41, 5.74) is 3.02. The van der Waals surface area contributed by atoms with Crippen LogP contribution in [0.1, 0.15) is 29.5 Å². The van der Waals surface area contributed by atoms with E-state index >= 15 is 0 Å². The molecule has 0 radical (unpaired) electrons. The summed E-state index contributed by atoms with van der Waals surface area (Å²) < 4.78 is 26.4. The number of amides is 2. The number of likely N-dealkylation sites (N-methyl/N-ethyl adjacent to an activating group) is 1. The van der Waals surface area contributed by atoms with Gasteiger partial charge in [-0.15, -0.1) is 0 Å². The van der Waals surface area contributed by atoms with E-state index in [4.69, 9.17) is 23.2 Å².